The Bertz CT molecular complexity index is 485. The lowest BCUT2D eigenvalue weighted by Gasteiger charge is -2.31. The number of aromatic nitrogens is 2. The number of nitrogens with one attached hydrogen (secondary N) is 1. The van der Waals surface area contributed by atoms with E-state index >= 15 is 0 Å². The molecule has 5 heteroatoms. The summed E-state index contributed by atoms with van der Waals surface area (Å²) in [6.45, 7) is 1.88. The fourth-order valence-corrected chi connectivity index (χ4v) is 4.67. The molecule has 1 aromatic rings. The summed E-state index contributed by atoms with van der Waals surface area (Å²) in [6, 6.07) is 0.345. The van der Waals surface area contributed by atoms with Crippen LogP contribution in [0.5, 0.6) is 0 Å². The van der Waals surface area contributed by atoms with Crippen LogP contribution in [0.1, 0.15) is 37.4 Å². The second-order valence-electron chi connectivity index (χ2n) is 7.01. The standard InChI is InChI=1S/C16H27ClN4/c1-18-15(13-9-11-4-5-12(13)8-11)16-14(17)10-19-21(16)7-6-20(2)3/h10-13,15,18H,4-9H2,1-3H3. The van der Waals surface area contributed by atoms with Crippen LogP contribution in [0.25, 0.3) is 0 Å². The third-order valence-electron chi connectivity index (χ3n) is 5.42. The molecular formula is C16H27ClN4. The van der Waals surface area contributed by atoms with Crippen molar-refractivity contribution < 1.29 is 0 Å². The Morgan fingerprint density at radius 3 is 2.81 bits per heavy atom. The maximum atomic E-state index is 6.48. The molecule has 0 amide bonds. The van der Waals surface area contributed by atoms with Crippen molar-refractivity contribution in [2.45, 2.75) is 38.3 Å². The zero-order valence-electron chi connectivity index (χ0n) is 13.3. The minimum atomic E-state index is 0.345. The van der Waals surface area contributed by atoms with Crippen LogP contribution in [-0.4, -0.2) is 42.4 Å². The van der Waals surface area contributed by atoms with E-state index in [1.807, 2.05) is 6.20 Å². The summed E-state index contributed by atoms with van der Waals surface area (Å²) in [5, 5.41) is 8.86. The summed E-state index contributed by atoms with van der Waals surface area (Å²) < 4.78 is 2.11. The number of hydrogen-bond acceptors (Lipinski definition) is 3. The Hall–Kier alpha value is -0.580. The molecule has 2 fully saturated rings. The van der Waals surface area contributed by atoms with E-state index in [1.165, 1.54) is 31.4 Å². The van der Waals surface area contributed by atoms with Gasteiger partial charge in [0.15, 0.2) is 0 Å². The summed E-state index contributed by atoms with van der Waals surface area (Å²) in [5.74, 6) is 2.55. The van der Waals surface area contributed by atoms with Gasteiger partial charge in [-0.15, -0.1) is 0 Å². The topological polar surface area (TPSA) is 33.1 Å². The van der Waals surface area contributed by atoms with Crippen molar-refractivity contribution in [3.63, 3.8) is 0 Å². The van der Waals surface area contributed by atoms with E-state index in [2.05, 4.69) is 41.1 Å². The molecule has 4 atom stereocenters. The first-order valence-electron chi connectivity index (χ1n) is 8.13. The molecule has 0 spiro atoms. The highest BCUT2D eigenvalue weighted by atomic mass is 35.5. The molecule has 118 valence electrons. The number of rotatable bonds is 6. The quantitative estimate of drug-likeness (QED) is 0.877. The van der Waals surface area contributed by atoms with Gasteiger partial charge in [0, 0.05) is 6.54 Å². The third kappa shape index (κ3) is 2.99. The minimum Gasteiger partial charge on any atom is -0.311 e. The van der Waals surface area contributed by atoms with Gasteiger partial charge in [-0.2, -0.15) is 5.10 Å². The van der Waals surface area contributed by atoms with E-state index in [0.29, 0.717) is 6.04 Å². The summed E-state index contributed by atoms with van der Waals surface area (Å²) in [6.07, 6.45) is 7.42. The predicted octanol–water partition coefficient (Wildman–Crippen LogP) is 2.79. The third-order valence-corrected chi connectivity index (χ3v) is 5.71. The first-order chi connectivity index (χ1) is 10.1. The second-order valence-corrected chi connectivity index (χ2v) is 7.42. The van der Waals surface area contributed by atoms with Crippen LogP contribution < -0.4 is 5.32 Å². The Morgan fingerprint density at radius 2 is 2.24 bits per heavy atom. The molecule has 2 bridgehead atoms. The predicted molar refractivity (Wildman–Crippen MR) is 86.5 cm³/mol. The van der Waals surface area contributed by atoms with Crippen LogP contribution in [0.4, 0.5) is 0 Å². The molecule has 0 radical (unpaired) electrons. The molecule has 1 aromatic heterocycles. The van der Waals surface area contributed by atoms with Crippen molar-refractivity contribution in [2.75, 3.05) is 27.7 Å². The zero-order valence-corrected chi connectivity index (χ0v) is 14.1. The van der Waals surface area contributed by atoms with Gasteiger partial charge in [-0.05, 0) is 58.2 Å². The number of nitrogens with zero attached hydrogens (tertiary/aromatic N) is 3. The van der Waals surface area contributed by atoms with Crippen molar-refractivity contribution in [1.82, 2.24) is 20.0 Å². The van der Waals surface area contributed by atoms with E-state index in [1.54, 1.807) is 0 Å². The number of likely N-dealkylation sites (N-methyl/N-ethyl adjacent to an activating group) is 1. The van der Waals surface area contributed by atoms with Crippen molar-refractivity contribution in [3.8, 4) is 0 Å². The van der Waals surface area contributed by atoms with Gasteiger partial charge in [0.25, 0.3) is 0 Å². The fraction of sp³-hybridized carbons (Fsp3) is 0.812. The Balaban J connectivity index is 1.81. The normalized spacial score (nSPS) is 29.5. The molecule has 2 aliphatic rings. The molecule has 3 rings (SSSR count). The molecule has 4 unspecified atom stereocenters. The maximum absolute atomic E-state index is 6.48. The average Bonchev–Trinajstić information content (AvgIpc) is 3.15. The summed E-state index contributed by atoms with van der Waals surface area (Å²) >= 11 is 6.48. The molecule has 1 N–H and O–H groups in total. The summed E-state index contributed by atoms with van der Waals surface area (Å²) in [7, 11) is 6.25. The first kappa shape index (κ1) is 15.3. The van der Waals surface area contributed by atoms with Gasteiger partial charge < -0.3 is 10.2 Å². The van der Waals surface area contributed by atoms with Gasteiger partial charge >= 0.3 is 0 Å². The average molecular weight is 311 g/mol. The lowest BCUT2D eigenvalue weighted by Crippen LogP contribution is -2.32. The van der Waals surface area contributed by atoms with E-state index < -0.39 is 0 Å². The highest BCUT2D eigenvalue weighted by Gasteiger charge is 2.44. The number of halogens is 1. The first-order valence-corrected chi connectivity index (χ1v) is 8.51. The molecule has 0 aromatic carbocycles. The van der Waals surface area contributed by atoms with Gasteiger partial charge in [-0.25, -0.2) is 0 Å². The van der Waals surface area contributed by atoms with Gasteiger partial charge in [-0.1, -0.05) is 18.0 Å². The highest BCUT2D eigenvalue weighted by molar-refractivity contribution is 6.31. The zero-order chi connectivity index (χ0) is 15.0. The van der Waals surface area contributed by atoms with Crippen LogP contribution in [0.2, 0.25) is 5.02 Å². The van der Waals surface area contributed by atoms with Crippen molar-refractivity contribution in [1.29, 1.82) is 0 Å². The highest BCUT2D eigenvalue weighted by Crippen LogP contribution is 2.53. The van der Waals surface area contributed by atoms with Gasteiger partial charge in [0.05, 0.1) is 29.5 Å². The molecule has 0 aliphatic heterocycles. The van der Waals surface area contributed by atoms with Crippen molar-refractivity contribution >= 4 is 11.6 Å². The largest absolute Gasteiger partial charge is 0.311 e. The van der Waals surface area contributed by atoms with Crippen LogP contribution in [-0.2, 0) is 6.54 Å². The Kier molecular flexibility index (Phi) is 4.57. The van der Waals surface area contributed by atoms with E-state index in [0.717, 1.165) is 35.9 Å². The van der Waals surface area contributed by atoms with E-state index in [4.69, 9.17) is 11.6 Å². The van der Waals surface area contributed by atoms with E-state index in [-0.39, 0.29) is 0 Å². The molecule has 2 aliphatic carbocycles. The lowest BCUT2D eigenvalue weighted by molar-refractivity contribution is 0.247. The lowest BCUT2D eigenvalue weighted by atomic mass is 9.82. The fourth-order valence-electron chi connectivity index (χ4n) is 4.41. The molecule has 1 heterocycles. The van der Waals surface area contributed by atoms with Gasteiger partial charge in [-0.3, -0.25) is 4.68 Å². The molecular weight excluding hydrogens is 284 g/mol. The summed E-state index contributed by atoms with van der Waals surface area (Å²) in [5.41, 5.74) is 1.19. The number of fused-ring (bicyclic) bond motifs is 2. The Morgan fingerprint density at radius 1 is 1.43 bits per heavy atom. The van der Waals surface area contributed by atoms with Gasteiger partial charge in [0.2, 0.25) is 0 Å². The molecule has 2 saturated carbocycles. The van der Waals surface area contributed by atoms with Crippen LogP contribution >= 0.6 is 11.6 Å². The second kappa shape index (κ2) is 6.27. The molecule has 4 nitrogen and oxygen atoms in total. The van der Waals surface area contributed by atoms with Gasteiger partial charge in [0.1, 0.15) is 0 Å². The van der Waals surface area contributed by atoms with Crippen LogP contribution in [0, 0.1) is 17.8 Å². The molecule has 21 heavy (non-hydrogen) atoms. The molecule has 0 saturated heterocycles. The van der Waals surface area contributed by atoms with Crippen LogP contribution in [0.3, 0.4) is 0 Å². The minimum absolute atomic E-state index is 0.345. The SMILES string of the molecule is CNC(c1c(Cl)cnn1CCN(C)C)C1CC2CCC1C2. The van der Waals surface area contributed by atoms with Crippen molar-refractivity contribution in [2.24, 2.45) is 17.8 Å². The number of hydrogen-bond donors (Lipinski definition) is 1. The van der Waals surface area contributed by atoms with E-state index in [9.17, 15) is 0 Å². The van der Waals surface area contributed by atoms with Crippen LogP contribution in [0.15, 0.2) is 6.20 Å². The Labute approximate surface area is 132 Å². The van der Waals surface area contributed by atoms with Crippen molar-refractivity contribution in [3.05, 3.63) is 16.9 Å². The smallest absolute Gasteiger partial charge is 0.0834 e. The summed E-state index contributed by atoms with van der Waals surface area (Å²) in [4.78, 5) is 2.19. The maximum Gasteiger partial charge on any atom is 0.0834 e. The monoisotopic (exact) mass is 310 g/mol.